The molecule has 1 amide bonds. The summed E-state index contributed by atoms with van der Waals surface area (Å²) >= 11 is 7.39. The Hall–Kier alpha value is -2.63. The van der Waals surface area contributed by atoms with Gasteiger partial charge in [0.1, 0.15) is 0 Å². The Labute approximate surface area is 204 Å². The van der Waals surface area contributed by atoms with E-state index in [1.54, 1.807) is 24.3 Å². The average Bonchev–Trinajstić information content (AvgIpc) is 3.50. The number of amides is 1. The second kappa shape index (κ2) is 9.70. The van der Waals surface area contributed by atoms with Gasteiger partial charge in [0.05, 0.1) is 9.88 Å². The van der Waals surface area contributed by atoms with Gasteiger partial charge >= 0.3 is 0 Å². The molecule has 1 aliphatic rings. The van der Waals surface area contributed by atoms with Crippen LogP contribution in [0.2, 0.25) is 5.02 Å². The van der Waals surface area contributed by atoms with Gasteiger partial charge in [-0.1, -0.05) is 56.5 Å². The topological polar surface area (TPSA) is 58.2 Å². The van der Waals surface area contributed by atoms with Crippen molar-refractivity contribution in [1.82, 2.24) is 0 Å². The third kappa shape index (κ3) is 4.85. The maximum Gasteiger partial charge on any atom is 0.228 e. The van der Waals surface area contributed by atoms with Crippen molar-refractivity contribution >= 4 is 45.3 Å². The summed E-state index contributed by atoms with van der Waals surface area (Å²) in [6.07, 6.45) is 4.06. The smallest absolute Gasteiger partial charge is 0.228 e. The zero-order valence-corrected chi connectivity index (χ0v) is 20.8. The van der Waals surface area contributed by atoms with Crippen molar-refractivity contribution in [2.24, 2.45) is 5.92 Å². The van der Waals surface area contributed by atoms with Gasteiger partial charge in [-0.15, -0.1) is 11.3 Å². The van der Waals surface area contributed by atoms with Crippen LogP contribution < -0.4 is 10.6 Å². The van der Waals surface area contributed by atoms with Crippen LogP contribution in [-0.4, -0.2) is 18.7 Å². The maximum atomic E-state index is 13.6. The zero-order chi connectivity index (χ0) is 23.6. The highest BCUT2D eigenvalue weighted by atomic mass is 35.5. The number of para-hydroxylation sites is 1. The molecule has 172 valence electrons. The van der Waals surface area contributed by atoms with Crippen LogP contribution in [0.25, 0.3) is 0 Å². The van der Waals surface area contributed by atoms with Gasteiger partial charge in [0.25, 0.3) is 0 Å². The molecule has 0 atom stereocenters. The molecule has 6 heteroatoms. The predicted molar refractivity (Wildman–Crippen MR) is 138 cm³/mol. The number of hydrogen-bond donors (Lipinski definition) is 2. The number of thiophene rings is 1. The molecular weight excluding hydrogens is 452 g/mol. The fourth-order valence-electron chi connectivity index (χ4n) is 4.62. The number of anilines is 2. The zero-order valence-electron chi connectivity index (χ0n) is 19.2. The lowest BCUT2D eigenvalue weighted by atomic mass is 9.76. The second-order valence-corrected chi connectivity index (χ2v) is 10.6. The first-order valence-electron chi connectivity index (χ1n) is 11.3. The Morgan fingerprint density at radius 2 is 1.67 bits per heavy atom. The first kappa shape index (κ1) is 23.5. The molecule has 1 fully saturated rings. The van der Waals surface area contributed by atoms with Gasteiger partial charge in [0.15, 0.2) is 0 Å². The van der Waals surface area contributed by atoms with E-state index >= 15 is 0 Å². The van der Waals surface area contributed by atoms with Crippen molar-refractivity contribution in [3.05, 3.63) is 81.2 Å². The first-order valence-corrected chi connectivity index (χ1v) is 12.5. The average molecular weight is 481 g/mol. The highest BCUT2D eigenvalue weighted by molar-refractivity contribution is 7.18. The fraction of sp³-hybridized carbons (Fsp3) is 0.333. The number of halogens is 1. The van der Waals surface area contributed by atoms with Gasteiger partial charge in [0.2, 0.25) is 11.7 Å². The molecule has 0 spiro atoms. The van der Waals surface area contributed by atoms with Crippen LogP contribution in [0.4, 0.5) is 10.7 Å². The van der Waals surface area contributed by atoms with Gasteiger partial charge in [-0.2, -0.15) is 0 Å². The number of hydrogen-bond acceptors (Lipinski definition) is 4. The standard InChI is InChI=1S/C27H29ClN2O2S/c1-27(2,20-10-6-7-11-22(20)29-3)21-16-23(30-26(32)18-8-4-5-9-18)33-25(21)24(31)17-12-14-19(28)15-13-17/h6-7,10-16,18,29H,4-5,8-9H2,1-3H3,(H,30,32). The summed E-state index contributed by atoms with van der Waals surface area (Å²) in [5.74, 6) is 0.0475. The Morgan fingerprint density at radius 3 is 2.33 bits per heavy atom. The molecule has 0 unspecified atom stereocenters. The number of nitrogens with one attached hydrogen (secondary N) is 2. The van der Waals surface area contributed by atoms with Gasteiger partial charge in [-0.3, -0.25) is 9.59 Å². The van der Waals surface area contributed by atoms with Crippen molar-refractivity contribution < 1.29 is 9.59 Å². The van der Waals surface area contributed by atoms with Gasteiger partial charge in [-0.05, 0) is 60.4 Å². The largest absolute Gasteiger partial charge is 0.388 e. The molecule has 0 radical (unpaired) electrons. The van der Waals surface area contributed by atoms with Gasteiger partial charge in [-0.25, -0.2) is 0 Å². The minimum atomic E-state index is -0.468. The quantitative estimate of drug-likeness (QED) is 0.353. The molecule has 0 aliphatic heterocycles. The molecule has 2 aromatic carbocycles. The predicted octanol–water partition coefficient (Wildman–Crippen LogP) is 7.13. The summed E-state index contributed by atoms with van der Waals surface area (Å²) in [6, 6.07) is 17.0. The summed E-state index contributed by atoms with van der Waals surface area (Å²) < 4.78 is 0. The van der Waals surface area contributed by atoms with Crippen LogP contribution in [0, 0.1) is 5.92 Å². The summed E-state index contributed by atoms with van der Waals surface area (Å²) in [6.45, 7) is 4.23. The van der Waals surface area contributed by atoms with Crippen molar-refractivity contribution in [1.29, 1.82) is 0 Å². The molecule has 1 heterocycles. The highest BCUT2D eigenvalue weighted by Gasteiger charge is 2.33. The molecule has 4 rings (SSSR count). The summed E-state index contributed by atoms with van der Waals surface area (Å²) in [4.78, 5) is 27.1. The van der Waals surface area contributed by atoms with Crippen LogP contribution in [-0.2, 0) is 10.2 Å². The van der Waals surface area contributed by atoms with Crippen LogP contribution in [0.1, 0.15) is 65.9 Å². The molecule has 0 bridgehead atoms. The molecule has 0 saturated heterocycles. The summed E-state index contributed by atoms with van der Waals surface area (Å²) in [5.41, 5.74) is 3.11. The highest BCUT2D eigenvalue weighted by Crippen LogP contribution is 2.43. The van der Waals surface area contributed by atoms with E-state index in [9.17, 15) is 9.59 Å². The van der Waals surface area contributed by atoms with E-state index in [-0.39, 0.29) is 17.6 Å². The van der Waals surface area contributed by atoms with Crippen molar-refractivity contribution in [2.45, 2.75) is 44.9 Å². The van der Waals surface area contributed by atoms with Gasteiger partial charge in [0, 0.05) is 34.7 Å². The second-order valence-electron chi connectivity index (χ2n) is 9.08. The molecule has 1 saturated carbocycles. The van der Waals surface area contributed by atoms with Gasteiger partial charge < -0.3 is 10.6 Å². The first-order chi connectivity index (χ1) is 15.8. The normalized spacial score (nSPS) is 14.3. The number of benzene rings is 2. The summed E-state index contributed by atoms with van der Waals surface area (Å²) in [7, 11) is 1.90. The van der Waals surface area contributed by atoms with Crippen molar-refractivity contribution in [3.63, 3.8) is 0 Å². The van der Waals surface area contributed by atoms with Crippen LogP contribution in [0.3, 0.4) is 0 Å². The minimum Gasteiger partial charge on any atom is -0.388 e. The molecule has 1 aliphatic carbocycles. The monoisotopic (exact) mass is 480 g/mol. The van der Waals surface area contributed by atoms with E-state index in [0.29, 0.717) is 20.5 Å². The molecule has 1 aromatic heterocycles. The minimum absolute atomic E-state index is 0.0548. The van der Waals surface area contributed by atoms with Crippen molar-refractivity contribution in [2.75, 3.05) is 17.7 Å². The molecule has 33 heavy (non-hydrogen) atoms. The third-order valence-electron chi connectivity index (χ3n) is 6.56. The Balaban J connectivity index is 1.78. The maximum absolute atomic E-state index is 13.6. The van der Waals surface area contributed by atoms with Crippen LogP contribution >= 0.6 is 22.9 Å². The van der Waals surface area contributed by atoms with Crippen LogP contribution in [0.5, 0.6) is 0 Å². The number of carbonyl (C=O) groups is 2. The lowest BCUT2D eigenvalue weighted by Crippen LogP contribution is -2.23. The fourth-order valence-corrected chi connectivity index (χ4v) is 5.93. The lowest BCUT2D eigenvalue weighted by Gasteiger charge is -2.28. The van der Waals surface area contributed by atoms with E-state index in [1.165, 1.54) is 11.3 Å². The molecule has 2 N–H and O–H groups in total. The molecule has 4 nitrogen and oxygen atoms in total. The SMILES string of the molecule is CNc1ccccc1C(C)(C)c1cc(NC(=O)C2CCCC2)sc1C(=O)c1ccc(Cl)cc1. The lowest BCUT2D eigenvalue weighted by molar-refractivity contribution is -0.119. The number of rotatable bonds is 7. The summed E-state index contributed by atoms with van der Waals surface area (Å²) in [5, 5.41) is 7.68. The van der Waals surface area contributed by atoms with E-state index in [2.05, 4.69) is 30.5 Å². The van der Waals surface area contributed by atoms with E-state index < -0.39 is 5.41 Å². The Kier molecular flexibility index (Phi) is 6.91. The van der Waals surface area contributed by atoms with Crippen LogP contribution in [0.15, 0.2) is 54.6 Å². The molecule has 3 aromatic rings. The van der Waals surface area contributed by atoms with E-state index in [4.69, 9.17) is 11.6 Å². The number of ketones is 1. The molecular formula is C27H29ClN2O2S. The third-order valence-corrected chi connectivity index (χ3v) is 7.86. The van der Waals surface area contributed by atoms with E-state index in [0.717, 1.165) is 42.5 Å². The Bertz CT molecular complexity index is 1160. The number of carbonyl (C=O) groups excluding carboxylic acids is 2. The Morgan fingerprint density at radius 1 is 1.00 bits per heavy atom. The van der Waals surface area contributed by atoms with E-state index in [1.807, 2.05) is 31.3 Å². The van der Waals surface area contributed by atoms with Crippen molar-refractivity contribution in [3.8, 4) is 0 Å².